The van der Waals surface area contributed by atoms with Crippen LogP contribution in [-0.4, -0.2) is 16.5 Å². The van der Waals surface area contributed by atoms with Crippen molar-refractivity contribution in [2.45, 2.75) is 19.2 Å². The number of aromatic hydroxyl groups is 1. The summed E-state index contributed by atoms with van der Waals surface area (Å²) in [5.74, 6) is -3.60. The fraction of sp³-hybridized carbons (Fsp3) is 0.375. The first-order valence-corrected chi connectivity index (χ1v) is 4.16. The van der Waals surface area contributed by atoms with E-state index in [4.69, 9.17) is 5.11 Å². The Kier molecular flexibility index (Phi) is 3.58. The van der Waals surface area contributed by atoms with Crippen LogP contribution in [0.5, 0.6) is 11.6 Å². The Morgan fingerprint density at radius 2 is 1.72 bits per heavy atom. The van der Waals surface area contributed by atoms with Gasteiger partial charge in [0, 0.05) is 11.8 Å². The number of alkyl halides is 7. The molecular weight excluding hydrogens is 275 g/mol. The second kappa shape index (κ2) is 4.50. The summed E-state index contributed by atoms with van der Waals surface area (Å²) in [6.45, 7) is -1.65. The first kappa shape index (κ1) is 14.3. The van der Waals surface area contributed by atoms with Gasteiger partial charge in [-0.1, -0.05) is 0 Å². The Hall–Kier alpha value is -1.74. The molecule has 0 atom stereocenters. The van der Waals surface area contributed by atoms with E-state index in [9.17, 15) is 30.7 Å². The van der Waals surface area contributed by atoms with Crippen LogP contribution in [0.25, 0.3) is 0 Å². The van der Waals surface area contributed by atoms with E-state index >= 15 is 0 Å². The van der Waals surface area contributed by atoms with Crippen LogP contribution in [0.2, 0.25) is 0 Å². The van der Waals surface area contributed by atoms with Gasteiger partial charge in [0.15, 0.2) is 5.75 Å². The number of nitrogens with zero attached hydrogens (tertiary/aromatic N) is 1. The number of pyridine rings is 1. The van der Waals surface area contributed by atoms with Gasteiger partial charge in [0.05, 0.1) is 0 Å². The summed E-state index contributed by atoms with van der Waals surface area (Å²) in [5, 5.41) is 9.03. The fourth-order valence-electron chi connectivity index (χ4n) is 1.12. The minimum absolute atomic E-state index is 0.212. The standard InChI is InChI=1S/C8H4F7NO2/c9-1-3-2-16-6(18-8(13,14)15)5(17)4(3)7(10,11)12/h2,17H,1H2. The number of rotatable bonds is 2. The van der Waals surface area contributed by atoms with Crippen molar-refractivity contribution in [3.05, 3.63) is 17.3 Å². The number of hydrogen-bond acceptors (Lipinski definition) is 3. The number of halogens is 7. The average Bonchev–Trinajstić information content (AvgIpc) is 2.16. The van der Waals surface area contributed by atoms with Gasteiger partial charge in [-0.05, 0) is 0 Å². The van der Waals surface area contributed by atoms with Gasteiger partial charge in [-0.3, -0.25) is 0 Å². The summed E-state index contributed by atoms with van der Waals surface area (Å²) in [7, 11) is 0. The van der Waals surface area contributed by atoms with Crippen LogP contribution >= 0.6 is 0 Å². The van der Waals surface area contributed by atoms with Crippen LogP contribution in [0.1, 0.15) is 11.1 Å². The Labute approximate surface area is 94.8 Å². The molecule has 1 N–H and O–H groups in total. The highest BCUT2D eigenvalue weighted by Crippen LogP contribution is 2.43. The van der Waals surface area contributed by atoms with Crippen molar-refractivity contribution in [3.63, 3.8) is 0 Å². The third-order valence-electron chi connectivity index (χ3n) is 1.74. The lowest BCUT2D eigenvalue weighted by atomic mass is 10.1. The highest BCUT2D eigenvalue weighted by Gasteiger charge is 2.41. The van der Waals surface area contributed by atoms with Gasteiger partial charge < -0.3 is 9.84 Å². The smallest absolute Gasteiger partial charge is 0.503 e. The molecule has 102 valence electrons. The summed E-state index contributed by atoms with van der Waals surface area (Å²) in [4.78, 5) is 2.78. The Bertz CT molecular complexity index is 440. The van der Waals surface area contributed by atoms with Crippen molar-refractivity contribution in [1.29, 1.82) is 0 Å². The summed E-state index contributed by atoms with van der Waals surface area (Å²) in [5.41, 5.74) is -3.03. The molecule has 18 heavy (non-hydrogen) atoms. The molecule has 0 fully saturated rings. The molecule has 3 nitrogen and oxygen atoms in total. The molecule has 0 aliphatic heterocycles. The molecule has 0 radical (unpaired) electrons. The largest absolute Gasteiger partial charge is 0.574 e. The van der Waals surface area contributed by atoms with Crippen molar-refractivity contribution >= 4 is 0 Å². The molecule has 0 aromatic carbocycles. The van der Waals surface area contributed by atoms with Crippen LogP contribution in [0.3, 0.4) is 0 Å². The average molecular weight is 279 g/mol. The SMILES string of the molecule is Oc1c(OC(F)(F)F)ncc(CF)c1C(F)(F)F. The predicted molar refractivity (Wildman–Crippen MR) is 42.4 cm³/mol. The summed E-state index contributed by atoms with van der Waals surface area (Å²) in [6, 6.07) is 0. The number of hydrogen-bond donors (Lipinski definition) is 1. The summed E-state index contributed by atoms with van der Waals surface area (Å²) in [6.07, 6.45) is -10.4. The minimum atomic E-state index is -5.33. The van der Waals surface area contributed by atoms with Gasteiger partial charge in [0.2, 0.25) is 0 Å². The van der Waals surface area contributed by atoms with E-state index in [2.05, 4.69) is 9.72 Å². The van der Waals surface area contributed by atoms with Gasteiger partial charge in [-0.15, -0.1) is 13.2 Å². The maximum Gasteiger partial charge on any atom is 0.574 e. The van der Waals surface area contributed by atoms with E-state index in [1.165, 1.54) is 0 Å². The first-order valence-electron chi connectivity index (χ1n) is 4.16. The number of aromatic nitrogens is 1. The molecule has 10 heteroatoms. The Balaban J connectivity index is 3.35. The molecule has 0 aliphatic carbocycles. The molecule has 1 rings (SSSR count). The van der Waals surface area contributed by atoms with Crippen LogP contribution < -0.4 is 4.74 Å². The van der Waals surface area contributed by atoms with Gasteiger partial charge in [-0.2, -0.15) is 13.2 Å². The van der Waals surface area contributed by atoms with Crippen LogP contribution in [0.4, 0.5) is 30.7 Å². The molecule has 1 heterocycles. The molecule has 0 unspecified atom stereocenters. The Morgan fingerprint density at radius 3 is 2.11 bits per heavy atom. The normalized spacial score (nSPS) is 12.6. The second-order valence-electron chi connectivity index (χ2n) is 2.99. The summed E-state index contributed by atoms with van der Waals surface area (Å²) >= 11 is 0. The third kappa shape index (κ3) is 3.14. The molecule has 1 aromatic heterocycles. The lowest BCUT2D eigenvalue weighted by Gasteiger charge is -2.15. The summed E-state index contributed by atoms with van der Waals surface area (Å²) < 4.78 is 88.0. The van der Waals surface area contributed by atoms with Crippen LogP contribution in [0.15, 0.2) is 6.20 Å². The highest BCUT2D eigenvalue weighted by atomic mass is 19.4. The number of ether oxygens (including phenoxy) is 1. The van der Waals surface area contributed by atoms with Crippen molar-refractivity contribution in [1.82, 2.24) is 4.98 Å². The van der Waals surface area contributed by atoms with E-state index in [0.717, 1.165) is 0 Å². The predicted octanol–water partition coefficient (Wildman–Crippen LogP) is 3.17. The molecule has 0 saturated carbocycles. The maximum atomic E-state index is 12.4. The monoisotopic (exact) mass is 279 g/mol. The van der Waals surface area contributed by atoms with Crippen molar-refractivity contribution in [3.8, 4) is 11.6 Å². The van der Waals surface area contributed by atoms with Crippen molar-refractivity contribution < 1.29 is 40.6 Å². The zero-order valence-corrected chi connectivity index (χ0v) is 8.23. The quantitative estimate of drug-likeness (QED) is 0.845. The van der Waals surface area contributed by atoms with E-state index < -0.39 is 42.0 Å². The van der Waals surface area contributed by atoms with Crippen LogP contribution in [-0.2, 0) is 12.9 Å². The van der Waals surface area contributed by atoms with E-state index in [1.54, 1.807) is 0 Å². The second-order valence-corrected chi connectivity index (χ2v) is 2.99. The Morgan fingerprint density at radius 1 is 1.17 bits per heavy atom. The van der Waals surface area contributed by atoms with Crippen molar-refractivity contribution in [2.24, 2.45) is 0 Å². The highest BCUT2D eigenvalue weighted by molar-refractivity contribution is 5.46. The van der Waals surface area contributed by atoms with Gasteiger partial charge in [-0.25, -0.2) is 9.37 Å². The molecule has 0 amide bonds. The zero-order valence-electron chi connectivity index (χ0n) is 8.23. The molecule has 0 aliphatic rings. The zero-order chi connectivity index (χ0) is 14.1. The molecule has 1 aromatic rings. The molecule has 0 saturated heterocycles. The van der Waals surface area contributed by atoms with E-state index in [-0.39, 0.29) is 6.20 Å². The van der Waals surface area contributed by atoms with E-state index in [0.29, 0.717) is 0 Å². The van der Waals surface area contributed by atoms with Gasteiger partial charge in [0.1, 0.15) is 12.2 Å². The van der Waals surface area contributed by atoms with Crippen LogP contribution in [0, 0.1) is 0 Å². The molecular formula is C8H4F7NO2. The van der Waals surface area contributed by atoms with E-state index in [1.807, 2.05) is 0 Å². The first-order chi connectivity index (χ1) is 8.06. The molecule has 0 bridgehead atoms. The third-order valence-corrected chi connectivity index (χ3v) is 1.74. The lowest BCUT2D eigenvalue weighted by Crippen LogP contribution is -2.19. The van der Waals surface area contributed by atoms with Crippen molar-refractivity contribution in [2.75, 3.05) is 0 Å². The van der Waals surface area contributed by atoms with Gasteiger partial charge >= 0.3 is 12.5 Å². The topological polar surface area (TPSA) is 42.4 Å². The molecule has 0 spiro atoms. The maximum absolute atomic E-state index is 12.4. The fourth-order valence-corrected chi connectivity index (χ4v) is 1.12. The van der Waals surface area contributed by atoms with Gasteiger partial charge in [0.25, 0.3) is 5.88 Å². The minimum Gasteiger partial charge on any atom is -0.503 e. The lowest BCUT2D eigenvalue weighted by molar-refractivity contribution is -0.276.